The van der Waals surface area contributed by atoms with Crippen molar-refractivity contribution in [2.75, 3.05) is 19.0 Å². The highest BCUT2D eigenvalue weighted by molar-refractivity contribution is 6.17. The maximum atomic E-state index is 12.0. The Balaban J connectivity index is 1.93. The van der Waals surface area contributed by atoms with E-state index in [2.05, 4.69) is 0 Å². The van der Waals surface area contributed by atoms with Crippen LogP contribution >= 0.6 is 11.6 Å². The predicted octanol–water partition coefficient (Wildman–Crippen LogP) is 2.18. The zero-order valence-electron chi connectivity index (χ0n) is 9.66. The molecule has 1 heterocycles. The summed E-state index contributed by atoms with van der Waals surface area (Å²) in [6, 6.07) is 0.338. The molecule has 4 heteroatoms. The summed E-state index contributed by atoms with van der Waals surface area (Å²) >= 11 is 5.63. The lowest BCUT2D eigenvalue weighted by Crippen LogP contribution is -2.54. The smallest absolute Gasteiger partial charge is 0.223 e. The molecule has 0 bridgehead atoms. The minimum absolute atomic E-state index is 0.265. The van der Waals surface area contributed by atoms with Gasteiger partial charge in [-0.05, 0) is 19.3 Å². The number of rotatable bonds is 3. The number of hydrogen-bond donors (Lipinski definition) is 0. The summed E-state index contributed by atoms with van der Waals surface area (Å²) in [6.07, 6.45) is 6.36. The molecule has 0 spiro atoms. The van der Waals surface area contributed by atoms with Crippen molar-refractivity contribution in [2.45, 2.75) is 50.7 Å². The first-order valence-corrected chi connectivity index (χ1v) is 6.83. The fourth-order valence-corrected chi connectivity index (χ4v) is 2.90. The molecule has 1 aliphatic carbocycles. The van der Waals surface area contributed by atoms with E-state index in [0.717, 1.165) is 25.8 Å². The van der Waals surface area contributed by atoms with Gasteiger partial charge in [-0.2, -0.15) is 0 Å². The molecule has 0 aromatic carbocycles. The van der Waals surface area contributed by atoms with Crippen LogP contribution in [0.4, 0.5) is 0 Å². The summed E-state index contributed by atoms with van der Waals surface area (Å²) < 4.78 is 5.75. The van der Waals surface area contributed by atoms with Crippen LogP contribution in [0, 0.1) is 0 Å². The van der Waals surface area contributed by atoms with Crippen LogP contribution < -0.4 is 0 Å². The standard InChI is InChI=1S/C12H20ClNO2/c13-7-3-6-12(15)14-8-9-16-11-5-2-1-4-10(11)14/h10-11H,1-9H2. The first-order chi connectivity index (χ1) is 7.83. The van der Waals surface area contributed by atoms with Crippen LogP contribution in [0.15, 0.2) is 0 Å². The molecule has 2 unspecified atom stereocenters. The van der Waals surface area contributed by atoms with Crippen molar-refractivity contribution >= 4 is 17.5 Å². The summed E-state index contributed by atoms with van der Waals surface area (Å²) in [6.45, 7) is 1.47. The van der Waals surface area contributed by atoms with Gasteiger partial charge >= 0.3 is 0 Å². The van der Waals surface area contributed by atoms with Crippen molar-refractivity contribution in [3.8, 4) is 0 Å². The maximum absolute atomic E-state index is 12.0. The molecule has 2 atom stereocenters. The van der Waals surface area contributed by atoms with Crippen molar-refractivity contribution in [3.63, 3.8) is 0 Å². The van der Waals surface area contributed by atoms with Gasteiger partial charge in [0.25, 0.3) is 0 Å². The van der Waals surface area contributed by atoms with E-state index in [4.69, 9.17) is 16.3 Å². The summed E-state index contributed by atoms with van der Waals surface area (Å²) in [5.74, 6) is 0.838. The second-order valence-corrected chi connectivity index (χ2v) is 5.02. The molecule has 2 aliphatic rings. The van der Waals surface area contributed by atoms with Crippen LogP contribution in [-0.2, 0) is 9.53 Å². The number of ether oxygens (including phenoxy) is 1. The minimum Gasteiger partial charge on any atom is -0.374 e. The van der Waals surface area contributed by atoms with Crippen molar-refractivity contribution < 1.29 is 9.53 Å². The van der Waals surface area contributed by atoms with Crippen molar-refractivity contribution in [2.24, 2.45) is 0 Å². The first-order valence-electron chi connectivity index (χ1n) is 6.30. The van der Waals surface area contributed by atoms with Crippen LogP contribution in [0.3, 0.4) is 0 Å². The average molecular weight is 246 g/mol. The number of amides is 1. The van der Waals surface area contributed by atoms with E-state index in [0.29, 0.717) is 31.1 Å². The van der Waals surface area contributed by atoms with Gasteiger partial charge in [-0.3, -0.25) is 4.79 Å². The Labute approximate surface area is 102 Å². The van der Waals surface area contributed by atoms with E-state index >= 15 is 0 Å². The van der Waals surface area contributed by atoms with Gasteiger partial charge in [0.1, 0.15) is 0 Å². The molecule has 3 nitrogen and oxygen atoms in total. The zero-order valence-corrected chi connectivity index (χ0v) is 10.4. The van der Waals surface area contributed by atoms with Gasteiger partial charge in [0.05, 0.1) is 18.8 Å². The number of morpholine rings is 1. The van der Waals surface area contributed by atoms with Crippen LogP contribution in [0.2, 0.25) is 0 Å². The maximum Gasteiger partial charge on any atom is 0.223 e. The highest BCUT2D eigenvalue weighted by Gasteiger charge is 2.36. The Morgan fingerprint density at radius 3 is 3.00 bits per heavy atom. The highest BCUT2D eigenvalue weighted by atomic mass is 35.5. The molecule has 2 fully saturated rings. The van der Waals surface area contributed by atoms with Crippen molar-refractivity contribution in [1.29, 1.82) is 0 Å². The van der Waals surface area contributed by atoms with Crippen LogP contribution in [0.5, 0.6) is 0 Å². The quantitative estimate of drug-likeness (QED) is 0.714. The fraction of sp³-hybridized carbons (Fsp3) is 0.917. The van der Waals surface area contributed by atoms with Gasteiger partial charge in [-0.25, -0.2) is 0 Å². The van der Waals surface area contributed by atoms with E-state index in [1.807, 2.05) is 4.90 Å². The molecular weight excluding hydrogens is 226 g/mol. The molecule has 1 amide bonds. The molecule has 0 radical (unpaired) electrons. The van der Waals surface area contributed by atoms with Gasteiger partial charge in [0.15, 0.2) is 0 Å². The predicted molar refractivity (Wildman–Crippen MR) is 63.7 cm³/mol. The van der Waals surface area contributed by atoms with Crippen molar-refractivity contribution in [1.82, 2.24) is 4.90 Å². The zero-order chi connectivity index (χ0) is 11.4. The Bertz CT molecular complexity index is 245. The Kier molecular flexibility index (Phi) is 4.47. The van der Waals surface area contributed by atoms with Gasteiger partial charge in [0, 0.05) is 18.8 Å². The summed E-state index contributed by atoms with van der Waals surface area (Å²) in [5.41, 5.74) is 0. The van der Waals surface area contributed by atoms with E-state index in [-0.39, 0.29) is 5.91 Å². The van der Waals surface area contributed by atoms with Crippen LogP contribution in [-0.4, -0.2) is 42.0 Å². The lowest BCUT2D eigenvalue weighted by Gasteiger charge is -2.43. The van der Waals surface area contributed by atoms with Gasteiger partial charge in [-0.1, -0.05) is 12.8 Å². The van der Waals surface area contributed by atoms with Gasteiger partial charge < -0.3 is 9.64 Å². The number of nitrogens with zero attached hydrogens (tertiary/aromatic N) is 1. The number of carbonyl (C=O) groups excluding carboxylic acids is 1. The molecule has 2 rings (SSSR count). The molecule has 16 heavy (non-hydrogen) atoms. The summed E-state index contributed by atoms with van der Waals surface area (Å²) in [5, 5.41) is 0. The second kappa shape index (κ2) is 5.87. The lowest BCUT2D eigenvalue weighted by atomic mass is 9.90. The third-order valence-electron chi connectivity index (χ3n) is 3.58. The lowest BCUT2D eigenvalue weighted by molar-refractivity contribution is -0.149. The van der Waals surface area contributed by atoms with Gasteiger partial charge in [0.2, 0.25) is 5.91 Å². The summed E-state index contributed by atoms with van der Waals surface area (Å²) in [4.78, 5) is 14.1. The SMILES string of the molecule is O=C(CCCCl)N1CCOC2CCCCC21. The molecular formula is C12H20ClNO2. The van der Waals surface area contributed by atoms with Crippen LogP contribution in [0.25, 0.3) is 0 Å². The topological polar surface area (TPSA) is 29.5 Å². The number of carbonyl (C=O) groups is 1. The Morgan fingerprint density at radius 1 is 1.38 bits per heavy atom. The first kappa shape index (κ1) is 12.2. The van der Waals surface area contributed by atoms with Gasteiger partial charge in [-0.15, -0.1) is 11.6 Å². The molecule has 92 valence electrons. The summed E-state index contributed by atoms with van der Waals surface area (Å²) in [7, 11) is 0. The van der Waals surface area contributed by atoms with E-state index < -0.39 is 0 Å². The molecule has 1 aliphatic heterocycles. The Hall–Kier alpha value is -0.280. The Morgan fingerprint density at radius 2 is 2.19 bits per heavy atom. The molecule has 0 aromatic heterocycles. The molecule has 0 aromatic rings. The monoisotopic (exact) mass is 245 g/mol. The average Bonchev–Trinajstić information content (AvgIpc) is 2.35. The van der Waals surface area contributed by atoms with E-state index in [9.17, 15) is 4.79 Å². The number of halogens is 1. The molecule has 1 saturated carbocycles. The second-order valence-electron chi connectivity index (χ2n) is 4.64. The molecule has 0 N–H and O–H groups in total. The largest absolute Gasteiger partial charge is 0.374 e. The third kappa shape index (κ3) is 2.69. The normalized spacial score (nSPS) is 29.9. The number of fused-ring (bicyclic) bond motifs is 1. The highest BCUT2D eigenvalue weighted by Crippen LogP contribution is 2.28. The van der Waals surface area contributed by atoms with Crippen LogP contribution in [0.1, 0.15) is 38.5 Å². The minimum atomic E-state index is 0.265. The van der Waals surface area contributed by atoms with E-state index in [1.54, 1.807) is 0 Å². The van der Waals surface area contributed by atoms with Crippen molar-refractivity contribution in [3.05, 3.63) is 0 Å². The number of alkyl halides is 1. The fourth-order valence-electron chi connectivity index (χ4n) is 2.77. The third-order valence-corrected chi connectivity index (χ3v) is 3.84. The molecule has 1 saturated heterocycles. The number of hydrogen-bond acceptors (Lipinski definition) is 2. The van der Waals surface area contributed by atoms with E-state index in [1.165, 1.54) is 12.8 Å².